The van der Waals surface area contributed by atoms with Crippen molar-refractivity contribution in [1.29, 1.82) is 0 Å². The number of aliphatic hydroxyl groups is 1. The van der Waals surface area contributed by atoms with Crippen LogP contribution in [0.4, 0.5) is 5.69 Å². The molecule has 2 aliphatic heterocycles. The summed E-state index contributed by atoms with van der Waals surface area (Å²) in [5.41, 5.74) is 3.86. The van der Waals surface area contributed by atoms with Crippen molar-refractivity contribution in [3.05, 3.63) is 65.4 Å². The van der Waals surface area contributed by atoms with Crippen LogP contribution in [-0.4, -0.2) is 29.3 Å². The quantitative estimate of drug-likeness (QED) is 0.641. The minimum absolute atomic E-state index is 0.126. The van der Waals surface area contributed by atoms with Gasteiger partial charge in [-0.25, -0.2) is 0 Å². The number of nitrogens with zero attached hydrogens (tertiary/aromatic N) is 1. The highest BCUT2D eigenvalue weighted by atomic mass is 16.3. The van der Waals surface area contributed by atoms with Crippen LogP contribution < -0.4 is 10.2 Å². The molecule has 1 spiro atoms. The molecule has 2 aliphatic rings. The van der Waals surface area contributed by atoms with Gasteiger partial charge in [0.1, 0.15) is 6.73 Å². The Kier molecular flexibility index (Phi) is 2.69. The van der Waals surface area contributed by atoms with Crippen LogP contribution in [0.3, 0.4) is 0 Å². The Morgan fingerprint density at radius 1 is 1.12 bits per heavy atom. The number of anilines is 1. The van der Waals surface area contributed by atoms with E-state index in [4.69, 9.17) is 0 Å². The number of carbonyl (C=O) groups excluding carboxylic acids is 1. The average Bonchev–Trinajstić information content (AvgIpc) is 3.11. The SMILES string of the molecule is O=C1N(CO)c2ccccc2C12NCCc1c2[nH]c2ccccc12. The van der Waals surface area contributed by atoms with Gasteiger partial charge < -0.3 is 10.1 Å². The lowest BCUT2D eigenvalue weighted by molar-refractivity contribution is -0.123. The number of aliphatic hydroxyl groups excluding tert-OH is 1. The zero-order valence-electron chi connectivity index (χ0n) is 13.0. The van der Waals surface area contributed by atoms with E-state index in [0.29, 0.717) is 6.54 Å². The van der Waals surface area contributed by atoms with Crippen LogP contribution in [0.1, 0.15) is 16.8 Å². The monoisotopic (exact) mass is 319 g/mol. The first-order valence-corrected chi connectivity index (χ1v) is 8.15. The Morgan fingerprint density at radius 2 is 1.92 bits per heavy atom. The topological polar surface area (TPSA) is 68.4 Å². The zero-order chi connectivity index (χ0) is 16.3. The van der Waals surface area contributed by atoms with Crippen LogP contribution in [0.2, 0.25) is 0 Å². The van der Waals surface area contributed by atoms with Gasteiger partial charge in [0, 0.05) is 23.0 Å². The summed E-state index contributed by atoms with van der Waals surface area (Å²) >= 11 is 0. The van der Waals surface area contributed by atoms with Gasteiger partial charge >= 0.3 is 0 Å². The van der Waals surface area contributed by atoms with Gasteiger partial charge in [-0.05, 0) is 24.1 Å². The Labute approximate surface area is 138 Å². The Hall–Kier alpha value is -2.63. The van der Waals surface area contributed by atoms with Gasteiger partial charge in [0.15, 0.2) is 5.54 Å². The number of aromatic amines is 1. The van der Waals surface area contributed by atoms with E-state index in [0.717, 1.165) is 28.9 Å². The van der Waals surface area contributed by atoms with Gasteiger partial charge in [0.05, 0.1) is 11.4 Å². The number of hydrogen-bond donors (Lipinski definition) is 3. The molecule has 0 bridgehead atoms. The number of H-pyrrole nitrogens is 1. The van der Waals surface area contributed by atoms with E-state index in [1.54, 1.807) is 0 Å². The molecule has 5 rings (SSSR count). The van der Waals surface area contributed by atoms with E-state index in [9.17, 15) is 9.90 Å². The maximum Gasteiger partial charge on any atom is 0.260 e. The number of carbonyl (C=O) groups is 1. The van der Waals surface area contributed by atoms with Crippen LogP contribution in [-0.2, 0) is 16.8 Å². The normalized spacial score (nSPS) is 22.2. The molecule has 0 fully saturated rings. The van der Waals surface area contributed by atoms with Crippen LogP contribution in [0.25, 0.3) is 10.9 Å². The highest BCUT2D eigenvalue weighted by molar-refractivity contribution is 6.11. The van der Waals surface area contributed by atoms with E-state index in [2.05, 4.69) is 16.4 Å². The third-order valence-electron chi connectivity index (χ3n) is 5.26. The third kappa shape index (κ3) is 1.48. The molecular formula is C19H17N3O2. The molecule has 1 atom stereocenters. The molecule has 0 aliphatic carbocycles. The number of benzene rings is 2. The number of fused-ring (bicyclic) bond motifs is 6. The Balaban J connectivity index is 1.86. The highest BCUT2D eigenvalue weighted by Gasteiger charge is 2.55. The summed E-state index contributed by atoms with van der Waals surface area (Å²) in [7, 11) is 0. The predicted octanol–water partition coefficient (Wildman–Crippen LogP) is 1.85. The summed E-state index contributed by atoms with van der Waals surface area (Å²) < 4.78 is 0. The van der Waals surface area contributed by atoms with Crippen LogP contribution in [0.5, 0.6) is 0 Å². The van der Waals surface area contributed by atoms with Gasteiger partial charge in [0.2, 0.25) is 0 Å². The van der Waals surface area contributed by atoms with E-state index in [1.807, 2.05) is 42.5 Å². The molecule has 3 aromatic rings. The summed E-state index contributed by atoms with van der Waals surface area (Å²) in [5.74, 6) is -0.126. The van der Waals surface area contributed by atoms with E-state index >= 15 is 0 Å². The summed E-state index contributed by atoms with van der Waals surface area (Å²) in [6, 6.07) is 15.8. The second-order valence-corrected chi connectivity index (χ2v) is 6.34. The number of para-hydroxylation sites is 2. The molecule has 3 N–H and O–H groups in total. The molecule has 5 heteroatoms. The van der Waals surface area contributed by atoms with E-state index < -0.39 is 5.54 Å². The maximum atomic E-state index is 13.3. The minimum atomic E-state index is -0.939. The van der Waals surface area contributed by atoms with Crippen molar-refractivity contribution in [2.45, 2.75) is 12.0 Å². The second kappa shape index (κ2) is 4.69. The van der Waals surface area contributed by atoms with Gasteiger partial charge in [-0.2, -0.15) is 0 Å². The fourth-order valence-corrected chi connectivity index (χ4v) is 4.25. The average molecular weight is 319 g/mol. The fraction of sp³-hybridized carbons (Fsp3) is 0.211. The molecule has 5 nitrogen and oxygen atoms in total. The van der Waals surface area contributed by atoms with Crippen molar-refractivity contribution in [3.8, 4) is 0 Å². The van der Waals surface area contributed by atoms with E-state index in [1.165, 1.54) is 15.8 Å². The van der Waals surface area contributed by atoms with Gasteiger partial charge in [-0.1, -0.05) is 36.4 Å². The summed E-state index contributed by atoms with van der Waals surface area (Å²) in [4.78, 5) is 18.2. The standard InChI is InChI=1S/C19H17N3O2/c23-11-22-16-8-4-2-6-14(16)19(18(22)24)17-13(9-10-20-19)12-5-1-3-7-15(12)21-17/h1-8,20-21,23H,9-11H2. The van der Waals surface area contributed by atoms with Crippen molar-refractivity contribution >= 4 is 22.5 Å². The Morgan fingerprint density at radius 3 is 2.79 bits per heavy atom. The van der Waals surface area contributed by atoms with Crippen LogP contribution in [0.15, 0.2) is 48.5 Å². The molecule has 1 amide bonds. The molecule has 120 valence electrons. The summed E-state index contributed by atoms with van der Waals surface area (Å²) in [6.07, 6.45) is 0.871. The van der Waals surface area contributed by atoms with E-state index in [-0.39, 0.29) is 12.6 Å². The number of hydrogen-bond acceptors (Lipinski definition) is 3. The molecule has 0 saturated carbocycles. The van der Waals surface area contributed by atoms with Gasteiger partial charge in [0.25, 0.3) is 5.91 Å². The lowest BCUT2D eigenvalue weighted by atomic mass is 9.82. The first-order chi connectivity index (χ1) is 11.8. The lowest BCUT2D eigenvalue weighted by Gasteiger charge is -2.34. The molecule has 24 heavy (non-hydrogen) atoms. The first-order valence-electron chi connectivity index (χ1n) is 8.15. The number of amides is 1. The smallest absolute Gasteiger partial charge is 0.260 e. The maximum absolute atomic E-state index is 13.3. The molecule has 0 radical (unpaired) electrons. The van der Waals surface area contributed by atoms with Crippen molar-refractivity contribution < 1.29 is 9.90 Å². The highest BCUT2D eigenvalue weighted by Crippen LogP contribution is 2.47. The molecule has 1 unspecified atom stereocenters. The lowest BCUT2D eigenvalue weighted by Crippen LogP contribution is -2.55. The van der Waals surface area contributed by atoms with Crippen molar-refractivity contribution in [3.63, 3.8) is 0 Å². The molecule has 2 aromatic carbocycles. The molecular weight excluding hydrogens is 302 g/mol. The van der Waals surface area contributed by atoms with Gasteiger partial charge in [-0.3, -0.25) is 15.0 Å². The minimum Gasteiger partial charge on any atom is -0.376 e. The largest absolute Gasteiger partial charge is 0.376 e. The molecule has 3 heterocycles. The fourth-order valence-electron chi connectivity index (χ4n) is 4.25. The number of aromatic nitrogens is 1. The zero-order valence-corrected chi connectivity index (χ0v) is 13.0. The van der Waals surface area contributed by atoms with Gasteiger partial charge in [-0.15, -0.1) is 0 Å². The molecule has 1 aromatic heterocycles. The third-order valence-corrected chi connectivity index (χ3v) is 5.26. The van der Waals surface area contributed by atoms with Crippen molar-refractivity contribution in [1.82, 2.24) is 10.3 Å². The summed E-state index contributed by atoms with van der Waals surface area (Å²) in [5, 5.41) is 14.4. The van der Waals surface area contributed by atoms with Crippen molar-refractivity contribution in [2.75, 3.05) is 18.2 Å². The van der Waals surface area contributed by atoms with Crippen LogP contribution >= 0.6 is 0 Å². The van der Waals surface area contributed by atoms with Crippen LogP contribution in [0, 0.1) is 0 Å². The Bertz CT molecular complexity index is 978. The predicted molar refractivity (Wildman–Crippen MR) is 91.8 cm³/mol. The number of rotatable bonds is 1. The summed E-state index contributed by atoms with van der Waals surface area (Å²) in [6.45, 7) is 0.392. The number of nitrogens with one attached hydrogen (secondary N) is 2. The molecule has 0 saturated heterocycles. The second-order valence-electron chi connectivity index (χ2n) is 6.34. The first kappa shape index (κ1) is 13.8. The van der Waals surface area contributed by atoms with Crippen molar-refractivity contribution in [2.24, 2.45) is 0 Å².